The van der Waals surface area contributed by atoms with Crippen molar-refractivity contribution in [3.8, 4) is 0 Å². The van der Waals surface area contributed by atoms with Crippen LogP contribution in [-0.4, -0.2) is 19.7 Å². The van der Waals surface area contributed by atoms with Gasteiger partial charge >= 0.3 is 6.55 Å². The molecule has 0 fully saturated rings. The van der Waals surface area contributed by atoms with Crippen molar-refractivity contribution in [2.45, 2.75) is 30.0 Å². The molecule has 0 saturated carbocycles. The largest absolute Gasteiger partial charge is 0.330 e. The molecule has 0 radical (unpaired) electrons. The molecule has 4 rings (SSSR count). The number of hydrogen-bond donors (Lipinski definition) is 1. The lowest BCUT2D eigenvalue weighted by atomic mass is 10.1. The Balaban J connectivity index is 1.49. The Bertz CT molecular complexity index is 1090. The van der Waals surface area contributed by atoms with Crippen molar-refractivity contribution in [3.63, 3.8) is 0 Å². The summed E-state index contributed by atoms with van der Waals surface area (Å²) in [6.07, 6.45) is 0.910. The molecule has 0 aliphatic heterocycles. The van der Waals surface area contributed by atoms with Crippen LogP contribution in [0.5, 0.6) is 0 Å². The Morgan fingerprint density at radius 1 is 1.11 bits per heavy atom. The Morgan fingerprint density at radius 3 is 2.71 bits per heavy atom. The van der Waals surface area contributed by atoms with Crippen LogP contribution >= 0.6 is 23.1 Å². The maximum Gasteiger partial charge on any atom is 0.320 e. The van der Waals surface area contributed by atoms with Crippen molar-refractivity contribution >= 4 is 45.0 Å². The van der Waals surface area contributed by atoms with E-state index in [1.165, 1.54) is 28.7 Å². The third kappa shape index (κ3) is 3.85. The second-order valence-corrected chi connectivity index (χ2v) is 8.16. The lowest BCUT2D eigenvalue weighted by Crippen LogP contribution is -2.03. The number of halogens is 2. The minimum absolute atomic E-state index is 0.291. The first-order valence-corrected chi connectivity index (χ1v) is 10.5. The minimum Gasteiger partial charge on any atom is -0.330 e. The standard InChI is InChI=1S/C19H17F2N5S2/c1-2-12-7-3-4-8-13(12)23-18-24-25-19(28-18)27-11-16-22-14-9-5-6-10-15(14)26(16)17(20)21/h3-10,17H,2,11H2,1H3,(H,23,24). The first kappa shape index (κ1) is 18.8. The Morgan fingerprint density at radius 2 is 1.89 bits per heavy atom. The van der Waals surface area contributed by atoms with Gasteiger partial charge in [0.05, 0.1) is 16.8 Å². The first-order chi connectivity index (χ1) is 13.7. The number of alkyl halides is 2. The molecule has 28 heavy (non-hydrogen) atoms. The van der Waals surface area contributed by atoms with Crippen LogP contribution in [0.15, 0.2) is 52.9 Å². The molecule has 0 spiro atoms. The van der Waals surface area contributed by atoms with Crippen molar-refractivity contribution in [1.82, 2.24) is 19.7 Å². The summed E-state index contributed by atoms with van der Waals surface area (Å²) in [4.78, 5) is 4.35. The zero-order valence-electron chi connectivity index (χ0n) is 15.0. The topological polar surface area (TPSA) is 55.6 Å². The van der Waals surface area contributed by atoms with E-state index in [1.54, 1.807) is 24.3 Å². The number of aryl methyl sites for hydroxylation is 1. The summed E-state index contributed by atoms with van der Waals surface area (Å²) in [7, 11) is 0. The van der Waals surface area contributed by atoms with Gasteiger partial charge in [0.25, 0.3) is 0 Å². The highest BCUT2D eigenvalue weighted by molar-refractivity contribution is 8.00. The lowest BCUT2D eigenvalue weighted by molar-refractivity contribution is 0.0722. The maximum absolute atomic E-state index is 13.5. The monoisotopic (exact) mass is 417 g/mol. The van der Waals surface area contributed by atoms with Crippen LogP contribution in [0.25, 0.3) is 11.0 Å². The fraction of sp³-hybridized carbons (Fsp3) is 0.211. The van der Waals surface area contributed by atoms with E-state index < -0.39 is 6.55 Å². The first-order valence-electron chi connectivity index (χ1n) is 8.71. The van der Waals surface area contributed by atoms with Crippen molar-refractivity contribution < 1.29 is 8.78 Å². The molecule has 2 aromatic heterocycles. The number of para-hydroxylation sites is 3. The second kappa shape index (κ2) is 8.24. The molecule has 4 aromatic rings. The van der Waals surface area contributed by atoms with Gasteiger partial charge in [-0.15, -0.1) is 10.2 Å². The van der Waals surface area contributed by atoms with Crippen molar-refractivity contribution in [1.29, 1.82) is 0 Å². The number of anilines is 2. The van der Waals surface area contributed by atoms with Crippen molar-refractivity contribution in [2.75, 3.05) is 5.32 Å². The molecule has 5 nitrogen and oxygen atoms in total. The fourth-order valence-corrected chi connectivity index (χ4v) is 4.62. The van der Waals surface area contributed by atoms with Gasteiger partial charge in [-0.25, -0.2) is 4.98 Å². The van der Waals surface area contributed by atoms with Gasteiger partial charge in [-0.2, -0.15) is 8.78 Å². The van der Waals surface area contributed by atoms with E-state index in [4.69, 9.17) is 0 Å². The number of imidazole rings is 1. The molecule has 2 aromatic carbocycles. The quantitative estimate of drug-likeness (QED) is 0.381. The SMILES string of the molecule is CCc1ccccc1Nc1nnc(SCc2nc3ccccc3n2C(F)F)s1. The molecule has 0 amide bonds. The van der Waals surface area contributed by atoms with Gasteiger partial charge in [-0.1, -0.05) is 60.4 Å². The van der Waals surface area contributed by atoms with Gasteiger partial charge in [-0.3, -0.25) is 4.57 Å². The summed E-state index contributed by atoms with van der Waals surface area (Å²) >= 11 is 2.74. The second-order valence-electron chi connectivity index (χ2n) is 5.96. The van der Waals surface area contributed by atoms with Gasteiger partial charge in [0, 0.05) is 5.69 Å². The minimum atomic E-state index is -2.64. The number of fused-ring (bicyclic) bond motifs is 1. The highest BCUT2D eigenvalue weighted by atomic mass is 32.2. The molecule has 2 heterocycles. The Kier molecular flexibility index (Phi) is 5.54. The van der Waals surface area contributed by atoms with Crippen LogP contribution in [0.3, 0.4) is 0 Å². The van der Waals surface area contributed by atoms with E-state index in [0.717, 1.165) is 16.7 Å². The van der Waals surface area contributed by atoms with Crippen LogP contribution < -0.4 is 5.32 Å². The molecule has 9 heteroatoms. The smallest absolute Gasteiger partial charge is 0.320 e. The van der Waals surface area contributed by atoms with E-state index in [-0.39, 0.29) is 0 Å². The summed E-state index contributed by atoms with van der Waals surface area (Å²) in [6.45, 7) is -0.544. The normalized spacial score (nSPS) is 11.4. The van der Waals surface area contributed by atoms with Crippen LogP contribution in [0, 0.1) is 0 Å². The Labute approximate surface area is 168 Å². The maximum atomic E-state index is 13.5. The van der Waals surface area contributed by atoms with Crippen LogP contribution in [0.2, 0.25) is 0 Å². The number of rotatable bonds is 7. The van der Waals surface area contributed by atoms with Gasteiger partial charge in [0.15, 0.2) is 4.34 Å². The number of nitrogens with zero attached hydrogens (tertiary/aromatic N) is 4. The van der Waals surface area contributed by atoms with E-state index in [2.05, 4.69) is 33.5 Å². The third-order valence-corrected chi connectivity index (χ3v) is 6.20. The van der Waals surface area contributed by atoms with E-state index in [9.17, 15) is 8.78 Å². The molecule has 0 aliphatic rings. The van der Waals surface area contributed by atoms with Crippen LogP contribution in [0.1, 0.15) is 24.9 Å². The molecule has 1 N–H and O–H groups in total. The zero-order chi connectivity index (χ0) is 19.5. The van der Waals surface area contributed by atoms with E-state index in [1.807, 2.05) is 18.2 Å². The fourth-order valence-electron chi connectivity index (χ4n) is 2.92. The van der Waals surface area contributed by atoms with Gasteiger partial charge < -0.3 is 5.32 Å². The van der Waals surface area contributed by atoms with Gasteiger partial charge in [-0.05, 0) is 30.2 Å². The molecule has 0 bridgehead atoms. The molecule has 0 atom stereocenters. The summed E-state index contributed by atoms with van der Waals surface area (Å²) in [6, 6.07) is 14.9. The van der Waals surface area contributed by atoms with Gasteiger partial charge in [0.2, 0.25) is 5.13 Å². The van der Waals surface area contributed by atoms with Crippen molar-refractivity contribution in [3.05, 3.63) is 59.9 Å². The summed E-state index contributed by atoms with van der Waals surface area (Å²) in [5.41, 5.74) is 3.19. The molecule has 0 saturated heterocycles. The highest BCUT2D eigenvalue weighted by Crippen LogP contribution is 2.32. The molecular weight excluding hydrogens is 400 g/mol. The average molecular weight is 418 g/mol. The van der Waals surface area contributed by atoms with Crippen molar-refractivity contribution in [2.24, 2.45) is 0 Å². The number of thioether (sulfide) groups is 1. The summed E-state index contributed by atoms with van der Waals surface area (Å²) in [5, 5.41) is 12.3. The average Bonchev–Trinajstić information content (AvgIpc) is 3.30. The predicted molar refractivity (Wildman–Crippen MR) is 110 cm³/mol. The number of aromatic nitrogens is 4. The molecule has 0 unspecified atom stereocenters. The van der Waals surface area contributed by atoms with Crippen LogP contribution in [-0.2, 0) is 12.2 Å². The number of hydrogen-bond acceptors (Lipinski definition) is 6. The number of nitrogens with one attached hydrogen (secondary N) is 1. The summed E-state index contributed by atoms with van der Waals surface area (Å²) < 4.78 is 28.7. The van der Waals surface area contributed by atoms with E-state index in [0.29, 0.717) is 32.1 Å². The lowest BCUT2D eigenvalue weighted by Gasteiger charge is -2.07. The molecule has 0 aliphatic carbocycles. The van der Waals surface area contributed by atoms with E-state index >= 15 is 0 Å². The van der Waals surface area contributed by atoms with Crippen LogP contribution in [0.4, 0.5) is 19.6 Å². The number of benzene rings is 2. The molecular formula is C19H17F2N5S2. The Hall–Kier alpha value is -2.52. The van der Waals surface area contributed by atoms with Gasteiger partial charge in [0.1, 0.15) is 5.82 Å². The third-order valence-electron chi connectivity index (χ3n) is 4.24. The molecule has 144 valence electrons. The summed E-state index contributed by atoms with van der Waals surface area (Å²) in [5.74, 6) is 0.612. The zero-order valence-corrected chi connectivity index (χ0v) is 16.6. The highest BCUT2D eigenvalue weighted by Gasteiger charge is 2.18. The predicted octanol–water partition coefficient (Wildman–Crippen LogP) is 5.88.